The monoisotopic (exact) mass is 414 g/mol. The minimum atomic E-state index is -3.49. The molecule has 0 bridgehead atoms. The van der Waals surface area contributed by atoms with Crippen molar-refractivity contribution < 1.29 is 17.9 Å². The lowest BCUT2D eigenvalue weighted by Gasteiger charge is -2.40. The zero-order valence-electron chi connectivity index (χ0n) is 14.6. The number of piperazine rings is 1. The second-order valence-corrected chi connectivity index (χ2v) is 9.54. The molecule has 3 fully saturated rings. The Morgan fingerprint density at radius 2 is 1.68 bits per heavy atom. The van der Waals surface area contributed by atoms with Gasteiger partial charge in [0.15, 0.2) is 0 Å². The summed E-state index contributed by atoms with van der Waals surface area (Å²) < 4.78 is 34.3. The van der Waals surface area contributed by atoms with Crippen molar-refractivity contribution >= 4 is 40.3 Å². The summed E-state index contributed by atoms with van der Waals surface area (Å²) in [7, 11) is -3.49. The predicted octanol–water partition coefficient (Wildman–Crippen LogP) is -0.431. The molecule has 3 saturated heterocycles. The standard InChI is InChI=1S/C14H26N4O4S2.ClH/c1-11-7-18(8-12(2)22-11)24(20,21)17-5-3-16(4-6-17)14(19)13-9-23-10-15-13;/h11-13,15H,3-10H2,1-2H3;1H. The minimum absolute atomic E-state index is 0. The molecule has 146 valence electrons. The number of nitrogens with zero attached hydrogens (tertiary/aromatic N) is 3. The number of halogens is 1. The first kappa shape index (κ1) is 21.2. The summed E-state index contributed by atoms with van der Waals surface area (Å²) in [6.07, 6.45) is -0.199. The molecule has 0 saturated carbocycles. The van der Waals surface area contributed by atoms with Crippen molar-refractivity contribution in [1.29, 1.82) is 0 Å². The van der Waals surface area contributed by atoms with E-state index in [1.807, 2.05) is 13.8 Å². The fraction of sp³-hybridized carbons (Fsp3) is 0.929. The molecule has 3 rings (SSSR count). The number of morpholine rings is 1. The van der Waals surface area contributed by atoms with E-state index >= 15 is 0 Å². The van der Waals surface area contributed by atoms with E-state index in [0.29, 0.717) is 39.3 Å². The number of amides is 1. The quantitative estimate of drug-likeness (QED) is 0.674. The van der Waals surface area contributed by atoms with Gasteiger partial charge in [0.25, 0.3) is 10.2 Å². The van der Waals surface area contributed by atoms with Gasteiger partial charge in [-0.15, -0.1) is 24.2 Å². The van der Waals surface area contributed by atoms with Gasteiger partial charge in [-0.2, -0.15) is 17.0 Å². The number of carbonyl (C=O) groups excluding carboxylic acids is 1. The fourth-order valence-corrected chi connectivity index (χ4v) is 6.08. The SMILES string of the molecule is CC1CN(S(=O)(=O)N2CCN(C(=O)C3CSCN3)CC2)CC(C)O1.Cl. The summed E-state index contributed by atoms with van der Waals surface area (Å²) in [5, 5.41) is 3.17. The van der Waals surface area contributed by atoms with Crippen LogP contribution in [0.25, 0.3) is 0 Å². The number of ether oxygens (including phenoxy) is 1. The molecule has 1 N–H and O–H groups in total. The first-order chi connectivity index (χ1) is 11.4. The molecule has 0 aromatic heterocycles. The Kier molecular flexibility index (Phi) is 7.40. The zero-order valence-corrected chi connectivity index (χ0v) is 17.0. The maximum Gasteiger partial charge on any atom is 0.282 e. The molecule has 0 aromatic rings. The molecule has 25 heavy (non-hydrogen) atoms. The van der Waals surface area contributed by atoms with Gasteiger partial charge in [0.1, 0.15) is 0 Å². The van der Waals surface area contributed by atoms with Gasteiger partial charge in [-0.05, 0) is 13.8 Å². The van der Waals surface area contributed by atoms with Crippen LogP contribution in [0.4, 0.5) is 0 Å². The molecule has 3 unspecified atom stereocenters. The lowest BCUT2D eigenvalue weighted by molar-refractivity contribution is -0.133. The first-order valence-corrected chi connectivity index (χ1v) is 10.9. The van der Waals surface area contributed by atoms with Crippen LogP contribution in [0.1, 0.15) is 13.8 Å². The van der Waals surface area contributed by atoms with E-state index in [1.165, 1.54) is 8.61 Å². The van der Waals surface area contributed by atoms with Crippen LogP contribution in [-0.4, -0.2) is 97.0 Å². The number of hydrogen-bond acceptors (Lipinski definition) is 6. The third kappa shape index (κ3) is 4.79. The summed E-state index contributed by atoms with van der Waals surface area (Å²) in [5.74, 6) is 1.68. The molecule has 11 heteroatoms. The number of nitrogens with one attached hydrogen (secondary N) is 1. The highest BCUT2D eigenvalue weighted by Crippen LogP contribution is 2.20. The Hall–Kier alpha value is -0.100. The average molecular weight is 415 g/mol. The summed E-state index contributed by atoms with van der Waals surface area (Å²) in [6.45, 7) is 6.17. The number of hydrogen-bond donors (Lipinski definition) is 1. The van der Waals surface area contributed by atoms with Crippen LogP contribution < -0.4 is 5.32 Å². The average Bonchev–Trinajstić information content (AvgIpc) is 3.08. The van der Waals surface area contributed by atoms with Crippen LogP contribution >= 0.6 is 24.2 Å². The topological polar surface area (TPSA) is 82.2 Å². The summed E-state index contributed by atoms with van der Waals surface area (Å²) in [6, 6.07) is -0.126. The lowest BCUT2D eigenvalue weighted by atomic mass is 10.2. The smallest absolute Gasteiger partial charge is 0.282 e. The highest BCUT2D eigenvalue weighted by Gasteiger charge is 2.38. The highest BCUT2D eigenvalue weighted by molar-refractivity contribution is 7.99. The maximum absolute atomic E-state index is 12.8. The third-order valence-electron chi connectivity index (χ3n) is 4.60. The Morgan fingerprint density at radius 3 is 2.20 bits per heavy atom. The molecule has 3 aliphatic rings. The predicted molar refractivity (Wildman–Crippen MR) is 100 cm³/mol. The van der Waals surface area contributed by atoms with Crippen molar-refractivity contribution in [3.8, 4) is 0 Å². The first-order valence-electron chi connectivity index (χ1n) is 8.38. The van der Waals surface area contributed by atoms with Crippen LogP contribution in [0.2, 0.25) is 0 Å². The van der Waals surface area contributed by atoms with Gasteiger partial charge in [-0.1, -0.05) is 0 Å². The van der Waals surface area contributed by atoms with Gasteiger partial charge < -0.3 is 9.64 Å². The van der Waals surface area contributed by atoms with Crippen molar-refractivity contribution in [3.05, 3.63) is 0 Å². The Morgan fingerprint density at radius 1 is 1.08 bits per heavy atom. The van der Waals surface area contributed by atoms with E-state index in [0.717, 1.165) is 11.6 Å². The van der Waals surface area contributed by atoms with Gasteiger partial charge in [0, 0.05) is 50.9 Å². The Balaban J connectivity index is 0.00000225. The van der Waals surface area contributed by atoms with Gasteiger partial charge in [-0.25, -0.2) is 0 Å². The number of thioether (sulfide) groups is 1. The molecule has 1 amide bonds. The maximum atomic E-state index is 12.8. The summed E-state index contributed by atoms with van der Waals surface area (Å²) in [4.78, 5) is 14.2. The van der Waals surface area contributed by atoms with Gasteiger partial charge in [-0.3, -0.25) is 10.1 Å². The molecule has 3 atom stereocenters. The van der Waals surface area contributed by atoms with E-state index in [9.17, 15) is 13.2 Å². The van der Waals surface area contributed by atoms with Gasteiger partial charge in [0.05, 0.1) is 18.2 Å². The summed E-state index contributed by atoms with van der Waals surface area (Å²) in [5.41, 5.74) is 0. The van der Waals surface area contributed by atoms with E-state index in [1.54, 1.807) is 16.7 Å². The zero-order chi connectivity index (χ0) is 17.3. The molecule has 0 aromatic carbocycles. The molecular weight excluding hydrogens is 388 g/mol. The summed E-state index contributed by atoms with van der Waals surface area (Å²) >= 11 is 1.72. The van der Waals surface area contributed by atoms with Crippen LogP contribution in [0.5, 0.6) is 0 Å². The largest absolute Gasteiger partial charge is 0.373 e. The van der Waals surface area contributed by atoms with Gasteiger partial charge in [0.2, 0.25) is 5.91 Å². The van der Waals surface area contributed by atoms with E-state index in [-0.39, 0.29) is 36.6 Å². The second kappa shape index (κ2) is 8.73. The van der Waals surface area contributed by atoms with Gasteiger partial charge >= 0.3 is 0 Å². The van der Waals surface area contributed by atoms with E-state index in [2.05, 4.69) is 5.32 Å². The molecule has 8 nitrogen and oxygen atoms in total. The molecule has 0 spiro atoms. The van der Waals surface area contributed by atoms with Crippen molar-refractivity contribution in [1.82, 2.24) is 18.8 Å². The van der Waals surface area contributed by atoms with Crippen molar-refractivity contribution in [2.45, 2.75) is 32.1 Å². The minimum Gasteiger partial charge on any atom is -0.373 e. The Labute approximate surface area is 160 Å². The number of rotatable bonds is 3. The molecule has 0 radical (unpaired) electrons. The molecule has 3 aliphatic heterocycles. The lowest BCUT2D eigenvalue weighted by Crippen LogP contribution is -2.59. The molecule has 3 heterocycles. The normalized spacial score (nSPS) is 32.4. The number of carbonyl (C=O) groups is 1. The highest BCUT2D eigenvalue weighted by atomic mass is 35.5. The Bertz CT molecular complexity index is 555. The second-order valence-electron chi connectivity index (χ2n) is 6.58. The van der Waals surface area contributed by atoms with Crippen LogP contribution in [0.15, 0.2) is 0 Å². The fourth-order valence-electron chi connectivity index (χ4n) is 3.40. The van der Waals surface area contributed by atoms with Crippen molar-refractivity contribution in [2.24, 2.45) is 0 Å². The van der Waals surface area contributed by atoms with Crippen LogP contribution in [0, 0.1) is 0 Å². The van der Waals surface area contributed by atoms with E-state index in [4.69, 9.17) is 4.74 Å². The van der Waals surface area contributed by atoms with Crippen LogP contribution in [-0.2, 0) is 19.7 Å². The molecule has 0 aliphatic carbocycles. The van der Waals surface area contributed by atoms with Crippen molar-refractivity contribution in [2.75, 3.05) is 50.9 Å². The van der Waals surface area contributed by atoms with Crippen molar-refractivity contribution in [3.63, 3.8) is 0 Å². The third-order valence-corrected chi connectivity index (χ3v) is 7.51. The molecular formula is C14H27ClN4O4S2. The van der Waals surface area contributed by atoms with E-state index < -0.39 is 10.2 Å². The van der Waals surface area contributed by atoms with Crippen LogP contribution in [0.3, 0.4) is 0 Å².